The molecule has 1 heterocycles. The molecule has 0 aliphatic heterocycles. The molecule has 3 aromatic rings. The van der Waals surface area contributed by atoms with Crippen molar-refractivity contribution in [3.63, 3.8) is 0 Å². The molecule has 0 bridgehead atoms. The summed E-state index contributed by atoms with van der Waals surface area (Å²) in [6.07, 6.45) is 9.17. The molecule has 0 fully saturated rings. The predicted molar refractivity (Wildman–Crippen MR) is 138 cm³/mol. The lowest BCUT2D eigenvalue weighted by molar-refractivity contribution is 0.286. The van der Waals surface area contributed by atoms with Gasteiger partial charge in [-0.3, -0.25) is 0 Å². The minimum atomic E-state index is 0.311. The zero-order valence-electron chi connectivity index (χ0n) is 21.3. The smallest absolute Gasteiger partial charge is 0.167 e. The third-order valence-electron chi connectivity index (χ3n) is 5.77. The second kappa shape index (κ2) is 14.9. The van der Waals surface area contributed by atoms with Crippen molar-refractivity contribution in [2.24, 2.45) is 0 Å². The van der Waals surface area contributed by atoms with Crippen molar-refractivity contribution in [1.82, 2.24) is 15.4 Å². The van der Waals surface area contributed by atoms with Gasteiger partial charge in [-0.2, -0.15) is 0 Å². The number of hydrogen-bond acceptors (Lipinski definition) is 6. The van der Waals surface area contributed by atoms with Crippen LogP contribution in [0.15, 0.2) is 42.6 Å². The third-order valence-corrected chi connectivity index (χ3v) is 5.77. The van der Waals surface area contributed by atoms with E-state index in [1.54, 1.807) is 13.3 Å². The topological polar surface area (TPSA) is 77.4 Å². The molecule has 2 aromatic carbocycles. The molecule has 1 N–H and O–H groups in total. The van der Waals surface area contributed by atoms with Gasteiger partial charge < -0.3 is 14.6 Å². The van der Waals surface area contributed by atoms with Gasteiger partial charge in [0, 0.05) is 11.1 Å². The van der Waals surface area contributed by atoms with Crippen LogP contribution in [0, 0.1) is 0 Å². The molecule has 3 rings (SSSR count). The van der Waals surface area contributed by atoms with Gasteiger partial charge in [-0.1, -0.05) is 77.3 Å². The monoisotopic (exact) mass is 465 g/mol. The summed E-state index contributed by atoms with van der Waals surface area (Å²) >= 11 is 0. The van der Waals surface area contributed by atoms with Gasteiger partial charge in [-0.05, 0) is 48.1 Å². The summed E-state index contributed by atoms with van der Waals surface area (Å²) < 4.78 is 11.0. The van der Waals surface area contributed by atoms with Crippen LogP contribution in [0.5, 0.6) is 17.2 Å². The van der Waals surface area contributed by atoms with Crippen LogP contribution in [-0.4, -0.2) is 34.2 Å². The average molecular weight is 466 g/mol. The number of phenols is 1. The van der Waals surface area contributed by atoms with E-state index in [0.29, 0.717) is 23.8 Å². The van der Waals surface area contributed by atoms with Crippen LogP contribution in [0.2, 0.25) is 0 Å². The van der Waals surface area contributed by atoms with Gasteiger partial charge >= 0.3 is 0 Å². The number of nitrogens with zero attached hydrogens (tertiary/aromatic N) is 3. The fourth-order valence-electron chi connectivity index (χ4n) is 4.00. The largest absolute Gasteiger partial charge is 0.504 e. The Morgan fingerprint density at radius 3 is 2.24 bits per heavy atom. The number of benzene rings is 2. The summed E-state index contributed by atoms with van der Waals surface area (Å²) in [5, 5.41) is 21.4. The Morgan fingerprint density at radius 1 is 0.882 bits per heavy atom. The molecule has 0 amide bonds. The third kappa shape index (κ3) is 7.44. The maximum absolute atomic E-state index is 10.2. The zero-order valence-corrected chi connectivity index (χ0v) is 21.3. The maximum Gasteiger partial charge on any atom is 0.167 e. The number of hydrogen-bond donors (Lipinski definition) is 1. The molecular weight excluding hydrogens is 426 g/mol. The van der Waals surface area contributed by atoms with E-state index in [1.807, 2.05) is 36.4 Å². The first-order chi connectivity index (χ1) is 16.6. The van der Waals surface area contributed by atoms with Crippen LogP contribution >= 0.6 is 0 Å². The number of aromatic hydroxyl groups is 1. The van der Waals surface area contributed by atoms with Gasteiger partial charge in [0.2, 0.25) is 0 Å². The van der Waals surface area contributed by atoms with Crippen molar-refractivity contribution in [1.29, 1.82) is 0 Å². The van der Waals surface area contributed by atoms with Crippen LogP contribution in [0.25, 0.3) is 11.3 Å². The molecule has 6 nitrogen and oxygen atoms in total. The summed E-state index contributed by atoms with van der Waals surface area (Å²) in [4.78, 5) is 0. The lowest BCUT2D eigenvalue weighted by Gasteiger charge is -2.18. The van der Waals surface area contributed by atoms with Gasteiger partial charge in [-0.15, -0.1) is 10.2 Å². The standard InChI is InChI=1S/C18H30O2.C10H9N3O/c1-5-9-10-11-12-20-18-16(8-4)15(7-3)14(6-2)13-17(18)19;1-14-9-7-11-13-12-10(9)8-5-3-2-4-6-8/h13,19H,5-12H2,1-4H3;2-7H,1H3. The fraction of sp³-hybridized carbons (Fsp3) is 0.464. The maximum atomic E-state index is 10.2. The number of ether oxygens (including phenoxy) is 2. The Balaban J connectivity index is 0.000000254. The Hall–Kier alpha value is -3.15. The van der Waals surface area contributed by atoms with Crippen LogP contribution < -0.4 is 9.47 Å². The lowest BCUT2D eigenvalue weighted by atomic mass is 9.94. The minimum absolute atomic E-state index is 0.311. The van der Waals surface area contributed by atoms with E-state index in [0.717, 1.165) is 37.0 Å². The Morgan fingerprint density at radius 2 is 1.62 bits per heavy atom. The lowest BCUT2D eigenvalue weighted by Crippen LogP contribution is -2.05. The van der Waals surface area contributed by atoms with Crippen molar-refractivity contribution in [3.8, 4) is 28.5 Å². The van der Waals surface area contributed by atoms with E-state index in [1.165, 1.54) is 36.0 Å². The molecule has 0 spiro atoms. The highest BCUT2D eigenvalue weighted by Gasteiger charge is 2.16. The zero-order chi connectivity index (χ0) is 24.8. The molecule has 0 unspecified atom stereocenters. The van der Waals surface area contributed by atoms with Crippen molar-refractivity contribution in [2.75, 3.05) is 13.7 Å². The van der Waals surface area contributed by atoms with Gasteiger partial charge in [0.05, 0.1) is 19.9 Å². The van der Waals surface area contributed by atoms with Crippen molar-refractivity contribution >= 4 is 0 Å². The Bertz CT molecular complexity index is 994. The van der Waals surface area contributed by atoms with E-state index in [9.17, 15) is 5.11 Å². The molecule has 6 heteroatoms. The average Bonchev–Trinajstić information content (AvgIpc) is 2.89. The highest BCUT2D eigenvalue weighted by Crippen LogP contribution is 2.36. The second-order valence-corrected chi connectivity index (χ2v) is 8.03. The number of aryl methyl sites for hydroxylation is 1. The van der Waals surface area contributed by atoms with Crippen molar-refractivity contribution in [2.45, 2.75) is 72.6 Å². The molecule has 34 heavy (non-hydrogen) atoms. The molecule has 0 saturated carbocycles. The molecule has 184 valence electrons. The second-order valence-electron chi connectivity index (χ2n) is 8.03. The van der Waals surface area contributed by atoms with E-state index < -0.39 is 0 Å². The SMILES string of the molecule is CCCCCCOc1c(O)cc(CC)c(CC)c1CC.COc1cnnnc1-c1ccccc1. The van der Waals surface area contributed by atoms with Crippen molar-refractivity contribution < 1.29 is 14.6 Å². The molecule has 0 aliphatic rings. The molecule has 0 aliphatic carbocycles. The minimum Gasteiger partial charge on any atom is -0.504 e. The highest BCUT2D eigenvalue weighted by atomic mass is 16.5. The number of aromatic nitrogens is 3. The van der Waals surface area contributed by atoms with E-state index >= 15 is 0 Å². The summed E-state index contributed by atoms with van der Waals surface area (Å²) in [7, 11) is 1.59. The Labute approximate surface area is 204 Å². The van der Waals surface area contributed by atoms with Gasteiger partial charge in [-0.25, -0.2) is 0 Å². The first kappa shape index (κ1) is 27.1. The first-order valence-electron chi connectivity index (χ1n) is 12.4. The molecule has 0 atom stereocenters. The predicted octanol–water partition coefficient (Wildman–Crippen LogP) is 6.59. The van der Waals surface area contributed by atoms with Crippen LogP contribution in [-0.2, 0) is 19.3 Å². The van der Waals surface area contributed by atoms with Gasteiger partial charge in [0.25, 0.3) is 0 Å². The summed E-state index contributed by atoms with van der Waals surface area (Å²) in [5.74, 6) is 1.66. The van der Waals surface area contributed by atoms with Crippen LogP contribution in [0.4, 0.5) is 0 Å². The quantitative estimate of drug-likeness (QED) is 0.322. The van der Waals surface area contributed by atoms with E-state index in [2.05, 4.69) is 43.1 Å². The molecule has 0 saturated heterocycles. The van der Waals surface area contributed by atoms with Crippen LogP contribution in [0.1, 0.15) is 70.1 Å². The summed E-state index contributed by atoms with van der Waals surface area (Å²) in [6, 6.07) is 11.6. The van der Waals surface area contributed by atoms with Crippen LogP contribution in [0.3, 0.4) is 0 Å². The fourth-order valence-corrected chi connectivity index (χ4v) is 4.00. The number of methoxy groups -OCH3 is 1. The van der Waals surface area contributed by atoms with Gasteiger partial charge in [0.15, 0.2) is 17.2 Å². The molecule has 1 aromatic heterocycles. The van der Waals surface area contributed by atoms with E-state index in [4.69, 9.17) is 9.47 Å². The first-order valence-corrected chi connectivity index (χ1v) is 12.4. The summed E-state index contributed by atoms with van der Waals surface area (Å²) in [6.45, 7) is 9.36. The normalized spacial score (nSPS) is 10.4. The van der Waals surface area contributed by atoms with E-state index in [-0.39, 0.29) is 0 Å². The number of phenolic OH excluding ortho intramolecular Hbond substituents is 1. The highest BCUT2D eigenvalue weighted by molar-refractivity contribution is 5.64. The molecule has 0 radical (unpaired) electrons. The number of rotatable bonds is 11. The number of unbranched alkanes of at least 4 members (excludes halogenated alkanes) is 3. The summed E-state index contributed by atoms with van der Waals surface area (Å²) in [5.41, 5.74) is 5.48. The van der Waals surface area contributed by atoms with Crippen molar-refractivity contribution in [3.05, 3.63) is 59.3 Å². The molecular formula is C28H39N3O3. The Kier molecular flexibility index (Phi) is 11.9. The van der Waals surface area contributed by atoms with Gasteiger partial charge in [0.1, 0.15) is 5.69 Å².